The number of aromatic nitrogens is 5. The molecule has 3 aromatic heterocycles. The summed E-state index contributed by atoms with van der Waals surface area (Å²) in [5, 5.41) is 7.37. The van der Waals surface area contributed by atoms with Crippen molar-refractivity contribution < 1.29 is 9.18 Å². The average molecular weight is 445 g/mol. The summed E-state index contributed by atoms with van der Waals surface area (Å²) in [5.74, 6) is -0.604. The predicted molar refractivity (Wildman–Crippen MR) is 112 cm³/mol. The number of thiazole rings is 2. The van der Waals surface area contributed by atoms with Crippen LogP contribution < -0.4 is 11.0 Å². The van der Waals surface area contributed by atoms with Crippen molar-refractivity contribution in [2.75, 3.05) is 0 Å². The Morgan fingerprint density at radius 3 is 2.77 bits per heavy atom. The number of amides is 1. The Hall–Kier alpha value is -3.18. The molecule has 1 unspecified atom stereocenters. The Labute approximate surface area is 178 Å². The molecule has 0 saturated carbocycles. The van der Waals surface area contributed by atoms with Gasteiger partial charge in [0.15, 0.2) is 5.13 Å². The van der Waals surface area contributed by atoms with Gasteiger partial charge in [-0.25, -0.2) is 23.4 Å². The summed E-state index contributed by atoms with van der Waals surface area (Å²) < 4.78 is 15.8. The van der Waals surface area contributed by atoms with Crippen LogP contribution in [0.15, 0.2) is 47.1 Å². The number of rotatable bonds is 6. The Balaban J connectivity index is 1.56. The summed E-state index contributed by atoms with van der Waals surface area (Å²) in [7, 11) is 0. The van der Waals surface area contributed by atoms with Gasteiger partial charge in [0.25, 0.3) is 5.91 Å². The predicted octanol–water partition coefficient (Wildman–Crippen LogP) is 2.93. The van der Waals surface area contributed by atoms with Gasteiger partial charge in [-0.1, -0.05) is 23.5 Å². The summed E-state index contributed by atoms with van der Waals surface area (Å²) >= 11 is 2.58. The maximum Gasteiger partial charge on any atom is 0.352 e. The van der Waals surface area contributed by atoms with Gasteiger partial charge in [0.2, 0.25) is 0 Å². The molecule has 1 aromatic carbocycles. The second kappa shape index (κ2) is 8.28. The van der Waals surface area contributed by atoms with Crippen LogP contribution in [-0.2, 0) is 6.54 Å². The zero-order chi connectivity index (χ0) is 21.3. The fraction of sp³-hybridized carbons (Fsp3) is 0.211. The molecule has 1 N–H and O–H groups in total. The quantitative estimate of drug-likeness (QED) is 0.493. The van der Waals surface area contributed by atoms with Gasteiger partial charge >= 0.3 is 5.69 Å². The molecular formula is C19H17FN6O2S2. The van der Waals surface area contributed by atoms with E-state index in [0.717, 1.165) is 21.8 Å². The molecular weight excluding hydrogens is 427 g/mol. The molecule has 8 nitrogen and oxygen atoms in total. The molecule has 30 heavy (non-hydrogen) atoms. The Bertz CT molecular complexity index is 1230. The van der Waals surface area contributed by atoms with E-state index in [4.69, 9.17) is 0 Å². The van der Waals surface area contributed by atoms with Crippen LogP contribution >= 0.6 is 22.7 Å². The fourth-order valence-corrected chi connectivity index (χ4v) is 4.35. The van der Waals surface area contributed by atoms with Crippen molar-refractivity contribution in [1.82, 2.24) is 29.6 Å². The van der Waals surface area contributed by atoms with Crippen LogP contribution in [0.2, 0.25) is 0 Å². The van der Waals surface area contributed by atoms with Gasteiger partial charge in [-0.05, 0) is 31.5 Å². The first-order chi connectivity index (χ1) is 14.4. The highest BCUT2D eigenvalue weighted by molar-refractivity contribution is 7.16. The largest absolute Gasteiger partial charge is 0.352 e. The third-order valence-corrected chi connectivity index (χ3v) is 6.45. The molecule has 4 rings (SSSR count). The van der Waals surface area contributed by atoms with Crippen LogP contribution in [-0.4, -0.2) is 30.2 Å². The molecule has 11 heteroatoms. The first-order valence-corrected chi connectivity index (χ1v) is 10.7. The standard InChI is InChI=1S/C19H17FN6O2S2/c1-11-16(17(27)22-8-15-7-21-10-29-15)30-18(24-11)25-9-23-26(19(25)28)12(2)13-3-5-14(20)6-4-13/h3-7,9-10,12H,8H2,1-2H3,(H,22,27). The van der Waals surface area contributed by atoms with Crippen molar-refractivity contribution in [1.29, 1.82) is 0 Å². The van der Waals surface area contributed by atoms with E-state index in [1.165, 1.54) is 39.0 Å². The first kappa shape index (κ1) is 20.1. The highest BCUT2D eigenvalue weighted by Crippen LogP contribution is 2.22. The molecule has 0 saturated heterocycles. The molecule has 1 atom stereocenters. The van der Waals surface area contributed by atoms with E-state index in [1.807, 2.05) is 0 Å². The lowest BCUT2D eigenvalue weighted by Gasteiger charge is -2.10. The van der Waals surface area contributed by atoms with Crippen molar-refractivity contribution in [2.24, 2.45) is 0 Å². The molecule has 0 bridgehead atoms. The van der Waals surface area contributed by atoms with Crippen LogP contribution in [0.4, 0.5) is 4.39 Å². The minimum atomic E-state index is -0.391. The Kier molecular flexibility index (Phi) is 5.55. The minimum Gasteiger partial charge on any atom is -0.346 e. The number of carbonyl (C=O) groups excluding carboxylic acids is 1. The fourth-order valence-electron chi connectivity index (χ4n) is 2.87. The van der Waals surface area contributed by atoms with E-state index in [-0.39, 0.29) is 17.8 Å². The normalized spacial score (nSPS) is 12.1. The molecule has 1 amide bonds. The maximum atomic E-state index is 13.2. The maximum absolute atomic E-state index is 13.2. The second-order valence-corrected chi connectivity index (χ2v) is 8.47. The number of aryl methyl sites for hydroxylation is 1. The Morgan fingerprint density at radius 2 is 2.07 bits per heavy atom. The van der Waals surface area contributed by atoms with Crippen LogP contribution in [0.1, 0.15) is 38.8 Å². The van der Waals surface area contributed by atoms with Gasteiger partial charge in [0, 0.05) is 11.1 Å². The van der Waals surface area contributed by atoms with Gasteiger partial charge in [-0.3, -0.25) is 9.78 Å². The number of benzene rings is 1. The van der Waals surface area contributed by atoms with Crippen molar-refractivity contribution in [3.8, 4) is 5.13 Å². The summed E-state index contributed by atoms with van der Waals surface area (Å²) in [6.45, 7) is 3.90. The summed E-state index contributed by atoms with van der Waals surface area (Å²) in [6.07, 6.45) is 3.08. The lowest BCUT2D eigenvalue weighted by atomic mass is 10.1. The summed E-state index contributed by atoms with van der Waals surface area (Å²) in [4.78, 5) is 35.1. The van der Waals surface area contributed by atoms with Crippen molar-refractivity contribution in [3.63, 3.8) is 0 Å². The molecule has 0 spiro atoms. The molecule has 154 valence electrons. The number of halogens is 1. The molecule has 0 fully saturated rings. The monoisotopic (exact) mass is 444 g/mol. The molecule has 3 heterocycles. The van der Waals surface area contributed by atoms with Crippen molar-refractivity contribution >= 4 is 28.6 Å². The lowest BCUT2D eigenvalue weighted by Crippen LogP contribution is -2.26. The third-order valence-electron chi connectivity index (χ3n) is 4.52. The number of nitrogens with zero attached hydrogens (tertiary/aromatic N) is 5. The smallest absolute Gasteiger partial charge is 0.346 e. The SMILES string of the molecule is Cc1nc(-n2cnn(C(C)c3ccc(F)cc3)c2=O)sc1C(=O)NCc1cncs1. The molecule has 0 aliphatic rings. The van der Waals surface area contributed by atoms with E-state index in [0.29, 0.717) is 22.2 Å². The van der Waals surface area contributed by atoms with Gasteiger partial charge in [0.1, 0.15) is 17.0 Å². The topological polar surface area (TPSA) is 94.7 Å². The average Bonchev–Trinajstić information content (AvgIpc) is 3.46. The van der Waals surface area contributed by atoms with Gasteiger partial charge in [-0.15, -0.1) is 11.3 Å². The second-order valence-electron chi connectivity index (χ2n) is 6.52. The van der Waals surface area contributed by atoms with E-state index in [1.54, 1.807) is 37.7 Å². The Morgan fingerprint density at radius 1 is 1.30 bits per heavy atom. The first-order valence-electron chi connectivity index (χ1n) is 8.99. The zero-order valence-electron chi connectivity index (χ0n) is 16.1. The van der Waals surface area contributed by atoms with Crippen LogP contribution in [0.5, 0.6) is 0 Å². The molecule has 4 aromatic rings. The molecule has 0 aliphatic carbocycles. The highest BCUT2D eigenvalue weighted by atomic mass is 32.1. The van der Waals surface area contributed by atoms with Gasteiger partial charge in [-0.2, -0.15) is 5.10 Å². The number of carbonyl (C=O) groups is 1. The molecule has 0 aliphatic heterocycles. The summed E-state index contributed by atoms with van der Waals surface area (Å²) in [6, 6.07) is 5.53. The van der Waals surface area contributed by atoms with Crippen LogP contribution in [0.25, 0.3) is 5.13 Å². The van der Waals surface area contributed by atoms with E-state index < -0.39 is 5.69 Å². The van der Waals surface area contributed by atoms with Crippen LogP contribution in [0.3, 0.4) is 0 Å². The number of nitrogens with one attached hydrogen (secondary N) is 1. The van der Waals surface area contributed by atoms with E-state index in [2.05, 4.69) is 20.4 Å². The third kappa shape index (κ3) is 3.94. The highest BCUT2D eigenvalue weighted by Gasteiger charge is 2.20. The summed E-state index contributed by atoms with van der Waals surface area (Å²) in [5.41, 5.74) is 2.59. The van der Waals surface area contributed by atoms with Gasteiger partial charge in [0.05, 0.1) is 23.8 Å². The zero-order valence-corrected chi connectivity index (χ0v) is 17.7. The molecule has 0 radical (unpaired) electrons. The van der Waals surface area contributed by atoms with E-state index >= 15 is 0 Å². The number of hydrogen-bond donors (Lipinski definition) is 1. The van der Waals surface area contributed by atoms with Crippen LogP contribution in [0, 0.1) is 12.7 Å². The van der Waals surface area contributed by atoms with Gasteiger partial charge < -0.3 is 5.32 Å². The van der Waals surface area contributed by atoms with E-state index in [9.17, 15) is 14.0 Å². The lowest BCUT2D eigenvalue weighted by molar-refractivity contribution is 0.0954. The van der Waals surface area contributed by atoms with Crippen molar-refractivity contribution in [2.45, 2.75) is 26.4 Å². The number of hydrogen-bond acceptors (Lipinski definition) is 7. The van der Waals surface area contributed by atoms with Crippen molar-refractivity contribution in [3.05, 3.63) is 79.6 Å². The minimum absolute atomic E-state index is 0.259.